The third-order valence-electron chi connectivity index (χ3n) is 2.92. The second kappa shape index (κ2) is 6.61. The average Bonchev–Trinajstić information content (AvgIpc) is 2.77. The number of hydrogen-bond donors (Lipinski definition) is 1. The summed E-state index contributed by atoms with van der Waals surface area (Å²) in [5, 5.41) is 18.8. The molecule has 1 aromatic heterocycles. The van der Waals surface area contributed by atoms with E-state index < -0.39 is 4.92 Å². The molecule has 0 unspecified atom stereocenters. The van der Waals surface area contributed by atoms with Crippen molar-refractivity contribution in [1.29, 1.82) is 0 Å². The Labute approximate surface area is 126 Å². The third kappa shape index (κ3) is 3.75. The first-order valence-electron chi connectivity index (χ1n) is 6.54. The molecule has 1 aromatic carbocycles. The van der Waals surface area contributed by atoms with Gasteiger partial charge in [0.1, 0.15) is 6.54 Å². The van der Waals surface area contributed by atoms with E-state index in [1.807, 2.05) is 19.9 Å². The van der Waals surface area contributed by atoms with Crippen LogP contribution in [-0.4, -0.2) is 26.8 Å². The summed E-state index contributed by atoms with van der Waals surface area (Å²) in [5.74, 6) is -0.360. The Morgan fingerprint density at radius 3 is 2.82 bits per heavy atom. The minimum Gasteiger partial charge on any atom is -0.271 e. The number of amides is 1. The fourth-order valence-electron chi connectivity index (χ4n) is 1.94. The van der Waals surface area contributed by atoms with Crippen LogP contribution in [0.15, 0.2) is 35.4 Å². The molecule has 0 spiro atoms. The predicted octanol–water partition coefficient (Wildman–Crippen LogP) is 1.56. The monoisotopic (exact) mass is 301 g/mol. The van der Waals surface area contributed by atoms with Gasteiger partial charge in [0.15, 0.2) is 0 Å². The molecule has 1 amide bonds. The zero-order valence-corrected chi connectivity index (χ0v) is 12.2. The number of nitro benzene ring substituents is 1. The maximum atomic E-state index is 11.8. The van der Waals surface area contributed by atoms with Crippen LogP contribution in [0.2, 0.25) is 0 Å². The minimum atomic E-state index is -0.501. The maximum Gasteiger partial charge on any atom is 0.278 e. The van der Waals surface area contributed by atoms with Crippen molar-refractivity contribution in [3.63, 3.8) is 0 Å². The van der Waals surface area contributed by atoms with Crippen molar-refractivity contribution in [1.82, 2.24) is 15.2 Å². The first-order chi connectivity index (χ1) is 10.5. The lowest BCUT2D eigenvalue weighted by Crippen LogP contribution is -2.24. The van der Waals surface area contributed by atoms with E-state index >= 15 is 0 Å². The molecule has 0 fully saturated rings. The Kier molecular flexibility index (Phi) is 4.62. The highest BCUT2D eigenvalue weighted by molar-refractivity contribution is 5.86. The summed E-state index contributed by atoms with van der Waals surface area (Å²) >= 11 is 0. The number of aromatic nitrogens is 2. The molecule has 1 heterocycles. The van der Waals surface area contributed by atoms with Gasteiger partial charge in [-0.05, 0) is 26.0 Å². The molecular formula is C14H15N5O3. The van der Waals surface area contributed by atoms with Gasteiger partial charge in [-0.2, -0.15) is 10.2 Å². The number of para-hydroxylation sites is 1. The molecule has 0 atom stereocenters. The lowest BCUT2D eigenvalue weighted by atomic mass is 10.2. The molecule has 2 rings (SSSR count). The summed E-state index contributed by atoms with van der Waals surface area (Å²) in [4.78, 5) is 22.1. The maximum absolute atomic E-state index is 11.8. The quantitative estimate of drug-likeness (QED) is 0.514. The summed E-state index contributed by atoms with van der Waals surface area (Å²) in [7, 11) is 0. The summed E-state index contributed by atoms with van der Waals surface area (Å²) in [6, 6.07) is 8.01. The first-order valence-corrected chi connectivity index (χ1v) is 6.54. The smallest absolute Gasteiger partial charge is 0.271 e. The van der Waals surface area contributed by atoms with Crippen LogP contribution in [0.1, 0.15) is 17.0 Å². The molecule has 0 aliphatic heterocycles. The minimum absolute atomic E-state index is 0.0356. The van der Waals surface area contributed by atoms with Gasteiger partial charge in [-0.3, -0.25) is 19.6 Å². The van der Waals surface area contributed by atoms with Crippen molar-refractivity contribution in [2.24, 2.45) is 5.10 Å². The van der Waals surface area contributed by atoms with E-state index in [4.69, 9.17) is 0 Å². The van der Waals surface area contributed by atoms with Crippen LogP contribution in [0.5, 0.6) is 0 Å². The lowest BCUT2D eigenvalue weighted by molar-refractivity contribution is -0.385. The van der Waals surface area contributed by atoms with Crippen LogP contribution in [0.25, 0.3) is 0 Å². The highest BCUT2D eigenvalue weighted by Crippen LogP contribution is 2.14. The fourth-order valence-corrected chi connectivity index (χ4v) is 1.94. The van der Waals surface area contributed by atoms with Gasteiger partial charge in [-0.25, -0.2) is 5.43 Å². The highest BCUT2D eigenvalue weighted by Gasteiger charge is 2.10. The molecule has 2 aromatic rings. The summed E-state index contributed by atoms with van der Waals surface area (Å²) < 4.78 is 1.56. The molecule has 0 radical (unpaired) electrons. The number of carbonyl (C=O) groups is 1. The molecule has 114 valence electrons. The standard InChI is InChI=1S/C14H15N5O3/c1-10-7-11(2)18(17-10)9-14(20)16-15-8-12-5-3-4-6-13(12)19(21)22/h3-8H,9H2,1-2H3,(H,16,20)/b15-8-. The first kappa shape index (κ1) is 15.4. The largest absolute Gasteiger partial charge is 0.278 e. The number of aryl methyl sites for hydroxylation is 2. The number of nitrogens with one attached hydrogen (secondary N) is 1. The van der Waals surface area contributed by atoms with Crippen molar-refractivity contribution < 1.29 is 9.72 Å². The Morgan fingerprint density at radius 1 is 1.45 bits per heavy atom. The molecule has 22 heavy (non-hydrogen) atoms. The molecule has 8 nitrogen and oxygen atoms in total. The van der Waals surface area contributed by atoms with Gasteiger partial charge in [0.25, 0.3) is 11.6 Å². The number of hydrogen-bond acceptors (Lipinski definition) is 5. The summed E-state index contributed by atoms with van der Waals surface area (Å²) in [6.07, 6.45) is 1.25. The SMILES string of the molecule is Cc1cc(C)n(CC(=O)N/N=C\c2ccccc2[N+](=O)[O-])n1. The fraction of sp³-hybridized carbons (Fsp3) is 0.214. The van der Waals surface area contributed by atoms with Gasteiger partial charge in [0, 0.05) is 11.8 Å². The number of nitrogens with zero attached hydrogens (tertiary/aromatic N) is 4. The van der Waals surface area contributed by atoms with E-state index in [2.05, 4.69) is 15.6 Å². The Balaban J connectivity index is 1.99. The molecule has 0 aliphatic carbocycles. The second-order valence-electron chi connectivity index (χ2n) is 4.69. The van der Waals surface area contributed by atoms with Gasteiger partial charge in [-0.1, -0.05) is 12.1 Å². The van der Waals surface area contributed by atoms with Crippen molar-refractivity contribution in [3.8, 4) is 0 Å². The topological polar surface area (TPSA) is 102 Å². The van der Waals surface area contributed by atoms with Crippen LogP contribution in [0.4, 0.5) is 5.69 Å². The summed E-state index contributed by atoms with van der Waals surface area (Å²) in [6.45, 7) is 3.73. The third-order valence-corrected chi connectivity index (χ3v) is 2.92. The van der Waals surface area contributed by atoms with Gasteiger partial charge >= 0.3 is 0 Å². The second-order valence-corrected chi connectivity index (χ2v) is 4.69. The van der Waals surface area contributed by atoms with Crippen LogP contribution in [0.3, 0.4) is 0 Å². The van der Waals surface area contributed by atoms with Gasteiger partial charge in [-0.15, -0.1) is 0 Å². The average molecular weight is 301 g/mol. The Bertz CT molecular complexity index is 736. The van der Waals surface area contributed by atoms with Gasteiger partial charge in [0.05, 0.1) is 22.4 Å². The number of benzene rings is 1. The molecular weight excluding hydrogens is 286 g/mol. The highest BCUT2D eigenvalue weighted by atomic mass is 16.6. The number of hydrazone groups is 1. The normalized spacial score (nSPS) is 10.8. The van der Waals surface area contributed by atoms with Crippen molar-refractivity contribution in [2.45, 2.75) is 20.4 Å². The van der Waals surface area contributed by atoms with Gasteiger partial charge in [0.2, 0.25) is 0 Å². The Morgan fingerprint density at radius 2 is 2.18 bits per heavy atom. The van der Waals surface area contributed by atoms with Crippen LogP contribution in [-0.2, 0) is 11.3 Å². The van der Waals surface area contributed by atoms with E-state index in [9.17, 15) is 14.9 Å². The van der Waals surface area contributed by atoms with E-state index in [0.717, 1.165) is 11.4 Å². The number of carbonyl (C=O) groups excluding carboxylic acids is 1. The molecule has 1 N–H and O–H groups in total. The molecule has 8 heteroatoms. The molecule has 0 saturated heterocycles. The summed E-state index contributed by atoms with van der Waals surface area (Å²) in [5.41, 5.74) is 4.28. The van der Waals surface area contributed by atoms with E-state index in [0.29, 0.717) is 5.56 Å². The van der Waals surface area contributed by atoms with Gasteiger partial charge < -0.3 is 0 Å². The van der Waals surface area contributed by atoms with E-state index in [-0.39, 0.29) is 18.1 Å². The van der Waals surface area contributed by atoms with Crippen LogP contribution < -0.4 is 5.43 Å². The predicted molar refractivity (Wildman–Crippen MR) is 80.5 cm³/mol. The van der Waals surface area contributed by atoms with Crippen LogP contribution in [0, 0.1) is 24.0 Å². The lowest BCUT2D eigenvalue weighted by Gasteiger charge is -2.02. The molecule has 0 aliphatic rings. The van der Waals surface area contributed by atoms with Crippen molar-refractivity contribution >= 4 is 17.8 Å². The van der Waals surface area contributed by atoms with Crippen LogP contribution >= 0.6 is 0 Å². The zero-order valence-electron chi connectivity index (χ0n) is 12.2. The van der Waals surface area contributed by atoms with Crippen molar-refractivity contribution in [3.05, 3.63) is 57.4 Å². The molecule has 0 saturated carbocycles. The van der Waals surface area contributed by atoms with E-state index in [1.165, 1.54) is 12.3 Å². The number of nitro groups is 1. The van der Waals surface area contributed by atoms with E-state index in [1.54, 1.807) is 22.9 Å². The Hall–Kier alpha value is -3.03. The number of rotatable bonds is 5. The molecule has 0 bridgehead atoms. The zero-order chi connectivity index (χ0) is 16.1. The van der Waals surface area contributed by atoms with Crippen molar-refractivity contribution in [2.75, 3.05) is 0 Å².